The number of aromatic amines is 1. The molecule has 2 aliphatic carbocycles. The van der Waals surface area contributed by atoms with Gasteiger partial charge in [0.1, 0.15) is 11.3 Å². The third kappa shape index (κ3) is 4.89. The zero-order valence-electron chi connectivity index (χ0n) is 25.4. The van der Waals surface area contributed by atoms with Crippen LogP contribution in [0.2, 0.25) is 0 Å². The predicted octanol–water partition coefficient (Wildman–Crippen LogP) is 7.25. The standard InChI is InChI=1S/C35H42N4O3/c1-23-31(27-12-6-7-13-29(27)36-23)32-28(34(32,2)3)21-30(40)39(22-26-11-10-20-42-26)35(18-8-9-19-35)33(41)37-24-14-16-25(17-15-24)38(4)5/h6-7,10-17,20,28,32,36H,8-9,18-19,21-22H2,1-5H3,(H,37,41)/t28-,32+/m1/s1. The molecule has 4 aromatic rings. The van der Waals surface area contributed by atoms with E-state index >= 15 is 0 Å². The fraction of sp³-hybridized carbons (Fsp3) is 0.429. The van der Waals surface area contributed by atoms with Crippen LogP contribution in [-0.4, -0.2) is 41.3 Å². The first-order valence-electron chi connectivity index (χ1n) is 15.1. The lowest BCUT2D eigenvalue weighted by molar-refractivity contribution is -0.147. The predicted molar refractivity (Wildman–Crippen MR) is 168 cm³/mol. The number of hydrogen-bond acceptors (Lipinski definition) is 4. The average Bonchev–Trinajstić information content (AvgIpc) is 3.54. The van der Waals surface area contributed by atoms with Crippen LogP contribution in [0, 0.1) is 18.3 Å². The summed E-state index contributed by atoms with van der Waals surface area (Å²) in [5, 5.41) is 4.40. The topological polar surface area (TPSA) is 81.6 Å². The molecule has 0 unspecified atom stereocenters. The molecule has 0 radical (unpaired) electrons. The monoisotopic (exact) mass is 566 g/mol. The fourth-order valence-corrected chi connectivity index (χ4v) is 7.40. The van der Waals surface area contributed by atoms with Crippen molar-refractivity contribution in [3.05, 3.63) is 83.9 Å². The van der Waals surface area contributed by atoms with E-state index in [2.05, 4.69) is 55.3 Å². The van der Waals surface area contributed by atoms with Crippen LogP contribution in [0.3, 0.4) is 0 Å². The van der Waals surface area contributed by atoms with Gasteiger partial charge in [0.25, 0.3) is 0 Å². The molecule has 0 saturated heterocycles. The zero-order valence-corrected chi connectivity index (χ0v) is 25.4. The van der Waals surface area contributed by atoms with Crippen molar-refractivity contribution in [2.75, 3.05) is 24.3 Å². The smallest absolute Gasteiger partial charge is 0.250 e. The van der Waals surface area contributed by atoms with Crippen molar-refractivity contribution >= 4 is 34.1 Å². The molecule has 7 nitrogen and oxygen atoms in total. The number of amides is 2. The molecule has 2 N–H and O–H groups in total. The molecule has 2 aromatic carbocycles. The van der Waals surface area contributed by atoms with Crippen molar-refractivity contribution in [3.63, 3.8) is 0 Å². The second-order valence-corrected chi connectivity index (χ2v) is 13.0. The minimum Gasteiger partial charge on any atom is -0.467 e. The highest BCUT2D eigenvalue weighted by Gasteiger charge is 2.60. The number of nitrogens with one attached hydrogen (secondary N) is 2. The molecule has 42 heavy (non-hydrogen) atoms. The maximum atomic E-state index is 14.4. The van der Waals surface area contributed by atoms with E-state index < -0.39 is 5.54 Å². The number of nitrogens with zero attached hydrogens (tertiary/aromatic N) is 2. The van der Waals surface area contributed by atoms with E-state index in [4.69, 9.17) is 4.42 Å². The summed E-state index contributed by atoms with van der Waals surface area (Å²) in [6, 6.07) is 20.0. The molecule has 2 aliphatic rings. The van der Waals surface area contributed by atoms with Crippen molar-refractivity contribution in [2.45, 2.75) is 70.9 Å². The van der Waals surface area contributed by atoms with Gasteiger partial charge in [0.15, 0.2) is 0 Å². The largest absolute Gasteiger partial charge is 0.467 e. The van der Waals surface area contributed by atoms with E-state index in [0.29, 0.717) is 25.0 Å². The van der Waals surface area contributed by atoms with Crippen molar-refractivity contribution in [3.8, 4) is 0 Å². The Bertz CT molecular complexity index is 1580. The van der Waals surface area contributed by atoms with E-state index in [-0.39, 0.29) is 35.6 Å². The number of H-pyrrole nitrogens is 1. The molecule has 2 heterocycles. The first-order valence-corrected chi connectivity index (χ1v) is 15.1. The van der Waals surface area contributed by atoms with E-state index in [0.717, 1.165) is 29.7 Å². The number of carbonyl (C=O) groups excluding carboxylic acids is 2. The molecule has 2 fully saturated rings. The van der Waals surface area contributed by atoms with Crippen LogP contribution in [-0.2, 0) is 16.1 Å². The zero-order chi connectivity index (χ0) is 29.6. The van der Waals surface area contributed by atoms with Crippen LogP contribution >= 0.6 is 0 Å². The van der Waals surface area contributed by atoms with Gasteiger partial charge >= 0.3 is 0 Å². The average molecular weight is 567 g/mol. The van der Waals surface area contributed by atoms with Gasteiger partial charge < -0.3 is 24.5 Å². The number of aromatic nitrogens is 1. The first kappa shape index (κ1) is 28.1. The molecule has 2 aromatic heterocycles. The summed E-state index contributed by atoms with van der Waals surface area (Å²) in [6.07, 6.45) is 5.11. The lowest BCUT2D eigenvalue weighted by Crippen LogP contribution is -2.57. The lowest BCUT2D eigenvalue weighted by Gasteiger charge is -2.40. The molecular weight excluding hydrogens is 524 g/mol. The molecule has 2 atom stereocenters. The molecular formula is C35H42N4O3. The summed E-state index contributed by atoms with van der Waals surface area (Å²) in [6.45, 7) is 6.95. The third-order valence-electron chi connectivity index (χ3n) is 9.91. The molecule has 7 heteroatoms. The Morgan fingerprint density at radius 3 is 2.38 bits per heavy atom. The van der Waals surface area contributed by atoms with Crippen molar-refractivity contribution < 1.29 is 14.0 Å². The van der Waals surface area contributed by atoms with Crippen LogP contribution in [0.1, 0.15) is 68.9 Å². The Morgan fingerprint density at radius 2 is 1.71 bits per heavy atom. The van der Waals surface area contributed by atoms with Gasteiger partial charge in [-0.3, -0.25) is 9.59 Å². The van der Waals surface area contributed by atoms with Gasteiger partial charge in [-0.1, -0.05) is 44.9 Å². The highest BCUT2D eigenvalue weighted by atomic mass is 16.3. The SMILES string of the molecule is Cc1[nH]c2ccccc2c1[C@@H]1[C@@H](CC(=O)N(Cc2ccco2)C2(C(=O)Nc3ccc(N(C)C)cc3)CCCC2)C1(C)C. The van der Waals surface area contributed by atoms with Gasteiger partial charge in [-0.25, -0.2) is 0 Å². The van der Waals surface area contributed by atoms with Crippen LogP contribution in [0.5, 0.6) is 0 Å². The van der Waals surface area contributed by atoms with Crippen LogP contribution in [0.15, 0.2) is 71.3 Å². The summed E-state index contributed by atoms with van der Waals surface area (Å²) >= 11 is 0. The highest BCUT2D eigenvalue weighted by molar-refractivity contribution is 6.01. The Balaban J connectivity index is 1.29. The van der Waals surface area contributed by atoms with Gasteiger partial charge in [0, 0.05) is 48.5 Å². The maximum Gasteiger partial charge on any atom is 0.250 e. The van der Waals surface area contributed by atoms with Crippen LogP contribution < -0.4 is 10.2 Å². The van der Waals surface area contributed by atoms with Gasteiger partial charge in [0.2, 0.25) is 11.8 Å². The molecule has 2 amide bonds. The number of para-hydroxylation sites is 1. The van der Waals surface area contributed by atoms with Gasteiger partial charge in [-0.05, 0) is 85.0 Å². The molecule has 0 spiro atoms. The number of rotatable bonds is 9. The number of fused-ring (bicyclic) bond motifs is 1. The summed E-state index contributed by atoms with van der Waals surface area (Å²) in [5.74, 6) is 1.05. The Labute approximate surface area is 248 Å². The van der Waals surface area contributed by atoms with Gasteiger partial charge in [-0.15, -0.1) is 0 Å². The normalized spacial score (nSPS) is 20.4. The molecule has 6 rings (SSSR count). The molecule has 0 aliphatic heterocycles. The summed E-state index contributed by atoms with van der Waals surface area (Å²) in [4.78, 5) is 36.0. The summed E-state index contributed by atoms with van der Waals surface area (Å²) < 4.78 is 5.72. The first-order chi connectivity index (χ1) is 20.1. The van der Waals surface area contributed by atoms with Gasteiger partial charge in [0.05, 0.1) is 12.8 Å². The van der Waals surface area contributed by atoms with Gasteiger partial charge in [-0.2, -0.15) is 0 Å². The second kappa shape index (κ2) is 10.7. The lowest BCUT2D eigenvalue weighted by atomic mass is 9.92. The maximum absolute atomic E-state index is 14.4. The molecule has 2 saturated carbocycles. The number of aryl methyl sites for hydroxylation is 1. The molecule has 0 bridgehead atoms. The number of carbonyl (C=O) groups is 2. The van der Waals surface area contributed by atoms with Crippen molar-refractivity contribution in [2.24, 2.45) is 11.3 Å². The highest BCUT2D eigenvalue weighted by Crippen LogP contribution is 2.67. The van der Waals surface area contributed by atoms with Crippen LogP contribution in [0.4, 0.5) is 11.4 Å². The third-order valence-corrected chi connectivity index (χ3v) is 9.91. The Hall–Kier alpha value is -4.00. The van der Waals surface area contributed by atoms with E-state index in [1.165, 1.54) is 16.6 Å². The second-order valence-electron chi connectivity index (χ2n) is 13.0. The van der Waals surface area contributed by atoms with Crippen molar-refractivity contribution in [1.82, 2.24) is 9.88 Å². The number of anilines is 2. The fourth-order valence-electron chi connectivity index (χ4n) is 7.40. The Kier molecular flexibility index (Phi) is 7.16. The quantitative estimate of drug-likeness (QED) is 0.224. The van der Waals surface area contributed by atoms with E-state index in [1.807, 2.05) is 60.3 Å². The minimum absolute atomic E-state index is 0.0180. The van der Waals surface area contributed by atoms with E-state index in [1.54, 1.807) is 6.26 Å². The summed E-state index contributed by atoms with van der Waals surface area (Å²) in [7, 11) is 3.98. The summed E-state index contributed by atoms with van der Waals surface area (Å²) in [5.41, 5.74) is 4.48. The van der Waals surface area contributed by atoms with E-state index in [9.17, 15) is 9.59 Å². The Morgan fingerprint density at radius 1 is 1.00 bits per heavy atom. The minimum atomic E-state index is -0.921. The van der Waals surface area contributed by atoms with Crippen molar-refractivity contribution in [1.29, 1.82) is 0 Å². The van der Waals surface area contributed by atoms with Crippen LogP contribution in [0.25, 0.3) is 10.9 Å². The molecule has 220 valence electrons. The number of furan rings is 1. The number of hydrogen-bond donors (Lipinski definition) is 2. The number of benzene rings is 2.